The van der Waals surface area contributed by atoms with Crippen molar-refractivity contribution < 1.29 is 8.42 Å². The van der Waals surface area contributed by atoms with Gasteiger partial charge in [0.2, 0.25) is 0 Å². The number of hydrogen-bond donors (Lipinski definition) is 1. The molecule has 2 rings (SSSR count). The van der Waals surface area contributed by atoms with Crippen LogP contribution in [0.1, 0.15) is 24.5 Å². The fraction of sp³-hybridized carbons (Fsp3) is 0.600. The van der Waals surface area contributed by atoms with E-state index in [1.54, 1.807) is 0 Å². The average Bonchev–Trinajstić information content (AvgIpc) is 2.59. The smallest absolute Gasteiger partial charge is 0.151 e. The van der Waals surface area contributed by atoms with Gasteiger partial charge in [-0.1, -0.05) is 31.2 Å². The van der Waals surface area contributed by atoms with Crippen molar-refractivity contribution in [1.82, 2.24) is 10.2 Å². The zero-order valence-corrected chi connectivity index (χ0v) is 13.0. The van der Waals surface area contributed by atoms with Crippen LogP contribution in [0.15, 0.2) is 24.3 Å². The van der Waals surface area contributed by atoms with Crippen molar-refractivity contribution >= 4 is 9.84 Å². The van der Waals surface area contributed by atoms with E-state index >= 15 is 0 Å². The molecule has 1 aromatic carbocycles. The summed E-state index contributed by atoms with van der Waals surface area (Å²) in [5.41, 5.74) is 2.61. The molecule has 1 aliphatic heterocycles. The molecule has 0 aliphatic carbocycles. The highest BCUT2D eigenvalue weighted by atomic mass is 32.2. The Morgan fingerprint density at radius 1 is 1.15 bits per heavy atom. The molecule has 0 saturated carbocycles. The van der Waals surface area contributed by atoms with Gasteiger partial charge in [0.25, 0.3) is 0 Å². The van der Waals surface area contributed by atoms with Crippen molar-refractivity contribution in [3.63, 3.8) is 0 Å². The molecule has 1 heterocycles. The Morgan fingerprint density at radius 2 is 1.90 bits per heavy atom. The molecule has 1 N–H and O–H groups in total. The molecule has 112 valence electrons. The fourth-order valence-corrected chi connectivity index (χ4v) is 3.84. The lowest BCUT2D eigenvalue weighted by atomic mass is 10.1. The van der Waals surface area contributed by atoms with Crippen LogP contribution in [0.2, 0.25) is 0 Å². The van der Waals surface area contributed by atoms with Crippen LogP contribution in [0.3, 0.4) is 0 Å². The lowest BCUT2D eigenvalue weighted by Crippen LogP contribution is -2.27. The lowest BCUT2D eigenvalue weighted by Gasteiger charge is -2.21. The third kappa shape index (κ3) is 4.58. The summed E-state index contributed by atoms with van der Waals surface area (Å²) in [4.78, 5) is 2.26. The number of rotatable bonds is 5. The van der Waals surface area contributed by atoms with E-state index < -0.39 is 9.84 Å². The molecule has 1 aromatic rings. The molecule has 0 aromatic heterocycles. The molecular formula is C15H24N2O2S. The van der Waals surface area contributed by atoms with Crippen molar-refractivity contribution in [1.29, 1.82) is 0 Å². The number of nitrogens with one attached hydrogen (secondary N) is 1. The average molecular weight is 296 g/mol. The van der Waals surface area contributed by atoms with Gasteiger partial charge < -0.3 is 5.32 Å². The lowest BCUT2D eigenvalue weighted by molar-refractivity contribution is 0.286. The molecule has 20 heavy (non-hydrogen) atoms. The summed E-state index contributed by atoms with van der Waals surface area (Å²) < 4.78 is 23.3. The normalized spacial score (nSPS) is 19.6. The van der Waals surface area contributed by atoms with E-state index in [2.05, 4.69) is 41.4 Å². The first-order chi connectivity index (χ1) is 9.61. The Kier molecular flexibility index (Phi) is 5.57. The molecule has 4 nitrogen and oxygen atoms in total. The first-order valence-corrected chi connectivity index (χ1v) is 9.13. The molecule has 0 radical (unpaired) electrons. The van der Waals surface area contributed by atoms with Crippen molar-refractivity contribution in [3.8, 4) is 0 Å². The van der Waals surface area contributed by atoms with E-state index in [-0.39, 0.29) is 0 Å². The minimum atomic E-state index is -2.82. The quantitative estimate of drug-likeness (QED) is 0.893. The first kappa shape index (κ1) is 15.5. The van der Waals surface area contributed by atoms with Gasteiger partial charge in [0.05, 0.1) is 11.5 Å². The number of benzene rings is 1. The molecule has 1 saturated heterocycles. The summed E-state index contributed by atoms with van der Waals surface area (Å²) in [7, 11) is -2.82. The summed E-state index contributed by atoms with van der Waals surface area (Å²) in [6, 6.07) is 8.40. The standard InChI is InChI=1S/C15H24N2O2S/c1-2-16-12-14-6-3-4-7-15(14)13-17-8-5-10-20(18,19)11-9-17/h3-4,6-7,16H,2,5,8-13H2,1H3. The number of hydrogen-bond acceptors (Lipinski definition) is 4. The maximum absolute atomic E-state index is 11.6. The Morgan fingerprint density at radius 3 is 2.65 bits per heavy atom. The predicted molar refractivity (Wildman–Crippen MR) is 82.4 cm³/mol. The summed E-state index contributed by atoms with van der Waals surface area (Å²) >= 11 is 0. The van der Waals surface area contributed by atoms with Crippen molar-refractivity contribution in [2.24, 2.45) is 0 Å². The van der Waals surface area contributed by atoms with Crippen molar-refractivity contribution in [3.05, 3.63) is 35.4 Å². The predicted octanol–water partition coefficient (Wildman–Crippen LogP) is 1.42. The second kappa shape index (κ2) is 7.20. The van der Waals surface area contributed by atoms with Crippen LogP contribution < -0.4 is 5.32 Å². The van der Waals surface area contributed by atoms with E-state index in [4.69, 9.17) is 0 Å². The Hall–Kier alpha value is -0.910. The fourth-order valence-electron chi connectivity index (χ4n) is 2.53. The molecule has 0 unspecified atom stereocenters. The van der Waals surface area contributed by atoms with Crippen molar-refractivity contribution in [2.45, 2.75) is 26.4 Å². The Labute approximate surface area is 122 Å². The SMILES string of the molecule is CCNCc1ccccc1CN1CCCS(=O)(=O)CC1. The van der Waals surface area contributed by atoms with Gasteiger partial charge in [0.1, 0.15) is 0 Å². The summed E-state index contributed by atoms with van der Waals surface area (Å²) in [6.07, 6.45) is 0.748. The summed E-state index contributed by atoms with van der Waals surface area (Å²) in [6.45, 7) is 6.29. The summed E-state index contributed by atoms with van der Waals surface area (Å²) in [5.74, 6) is 0.630. The van der Waals surface area contributed by atoms with E-state index in [1.165, 1.54) is 11.1 Å². The minimum absolute atomic E-state index is 0.294. The van der Waals surface area contributed by atoms with Crippen LogP contribution in [0.25, 0.3) is 0 Å². The molecule has 5 heteroatoms. The monoisotopic (exact) mass is 296 g/mol. The van der Waals surface area contributed by atoms with Gasteiger partial charge in [-0.3, -0.25) is 4.90 Å². The van der Waals surface area contributed by atoms with Crippen LogP contribution in [-0.2, 0) is 22.9 Å². The molecule has 0 amide bonds. The third-order valence-corrected chi connectivity index (χ3v) is 5.44. The highest BCUT2D eigenvalue weighted by molar-refractivity contribution is 7.91. The number of nitrogens with zero attached hydrogens (tertiary/aromatic N) is 1. The van der Waals surface area contributed by atoms with E-state index in [1.807, 2.05) is 0 Å². The van der Waals surface area contributed by atoms with E-state index in [0.29, 0.717) is 18.1 Å². The first-order valence-electron chi connectivity index (χ1n) is 7.31. The van der Waals surface area contributed by atoms with E-state index in [9.17, 15) is 8.42 Å². The second-order valence-electron chi connectivity index (χ2n) is 5.33. The highest BCUT2D eigenvalue weighted by Gasteiger charge is 2.19. The topological polar surface area (TPSA) is 49.4 Å². The van der Waals surface area contributed by atoms with Gasteiger partial charge in [-0.15, -0.1) is 0 Å². The van der Waals surface area contributed by atoms with Gasteiger partial charge in [-0.2, -0.15) is 0 Å². The van der Waals surface area contributed by atoms with Gasteiger partial charge in [0, 0.05) is 19.6 Å². The van der Waals surface area contributed by atoms with Crippen LogP contribution in [-0.4, -0.2) is 44.5 Å². The highest BCUT2D eigenvalue weighted by Crippen LogP contribution is 2.14. The zero-order valence-electron chi connectivity index (χ0n) is 12.1. The second-order valence-corrected chi connectivity index (χ2v) is 7.63. The van der Waals surface area contributed by atoms with Gasteiger partial charge in [0.15, 0.2) is 9.84 Å². The van der Waals surface area contributed by atoms with Crippen molar-refractivity contribution in [2.75, 3.05) is 31.1 Å². The minimum Gasteiger partial charge on any atom is -0.313 e. The molecule has 0 bridgehead atoms. The largest absolute Gasteiger partial charge is 0.313 e. The summed E-state index contributed by atoms with van der Waals surface area (Å²) in [5, 5.41) is 3.35. The molecule has 1 aliphatic rings. The van der Waals surface area contributed by atoms with Gasteiger partial charge in [-0.25, -0.2) is 8.42 Å². The molecular weight excluding hydrogens is 272 g/mol. The zero-order chi connectivity index (χ0) is 14.4. The Balaban J connectivity index is 2.02. The maximum Gasteiger partial charge on any atom is 0.151 e. The van der Waals surface area contributed by atoms with Crippen LogP contribution in [0, 0.1) is 0 Å². The molecule has 0 spiro atoms. The van der Waals surface area contributed by atoms with Gasteiger partial charge >= 0.3 is 0 Å². The third-order valence-electron chi connectivity index (χ3n) is 3.73. The molecule has 1 fully saturated rings. The Bertz CT molecular complexity index is 528. The van der Waals surface area contributed by atoms with Crippen LogP contribution in [0.5, 0.6) is 0 Å². The van der Waals surface area contributed by atoms with Crippen LogP contribution in [0.4, 0.5) is 0 Å². The van der Waals surface area contributed by atoms with Gasteiger partial charge in [-0.05, 0) is 30.6 Å². The van der Waals surface area contributed by atoms with Crippen LogP contribution >= 0.6 is 0 Å². The number of sulfone groups is 1. The molecule has 0 atom stereocenters. The maximum atomic E-state index is 11.6. The van der Waals surface area contributed by atoms with E-state index in [0.717, 1.165) is 32.6 Å².